The second kappa shape index (κ2) is 14.6. The summed E-state index contributed by atoms with van der Waals surface area (Å²) in [6.07, 6.45) is 7.57. The van der Waals surface area contributed by atoms with Gasteiger partial charge in [0.1, 0.15) is 0 Å². The van der Waals surface area contributed by atoms with Crippen LogP contribution in [0.1, 0.15) is 45.4 Å². The first-order valence-electron chi connectivity index (χ1n) is 6.13. The van der Waals surface area contributed by atoms with E-state index in [1.165, 1.54) is 36.5 Å². The highest BCUT2D eigenvalue weighted by molar-refractivity contribution is 14.1. The molecular formula is C12H25IO2. The van der Waals surface area contributed by atoms with E-state index in [0.717, 1.165) is 32.8 Å². The van der Waals surface area contributed by atoms with Crippen LogP contribution in [0.2, 0.25) is 0 Å². The Morgan fingerprint density at radius 2 is 1.33 bits per heavy atom. The fourth-order valence-electron chi connectivity index (χ4n) is 1.22. The van der Waals surface area contributed by atoms with Gasteiger partial charge in [0.05, 0.1) is 13.2 Å². The summed E-state index contributed by atoms with van der Waals surface area (Å²) in [7, 11) is 0. The average molecular weight is 328 g/mol. The van der Waals surface area contributed by atoms with Crippen LogP contribution in [0.25, 0.3) is 0 Å². The molecular weight excluding hydrogens is 303 g/mol. The van der Waals surface area contributed by atoms with E-state index in [9.17, 15) is 0 Å². The molecule has 0 saturated heterocycles. The number of hydrogen-bond acceptors (Lipinski definition) is 2. The highest BCUT2D eigenvalue weighted by Gasteiger charge is 1.91. The highest BCUT2D eigenvalue weighted by Crippen LogP contribution is 2.02. The zero-order chi connectivity index (χ0) is 11.2. The second-order valence-corrected chi connectivity index (χ2v) is 4.76. The molecule has 0 aromatic rings. The van der Waals surface area contributed by atoms with E-state index in [1.807, 2.05) is 0 Å². The molecule has 0 aliphatic carbocycles. The Morgan fingerprint density at radius 3 is 1.93 bits per heavy atom. The Labute approximate surface area is 108 Å². The molecule has 0 rings (SSSR count). The minimum atomic E-state index is 0.758. The lowest BCUT2D eigenvalue weighted by atomic mass is 10.2. The van der Waals surface area contributed by atoms with Gasteiger partial charge in [0.15, 0.2) is 0 Å². The zero-order valence-electron chi connectivity index (χ0n) is 9.97. The summed E-state index contributed by atoms with van der Waals surface area (Å²) in [6.45, 7) is 5.48. The number of ether oxygens (including phenoxy) is 2. The van der Waals surface area contributed by atoms with E-state index in [1.54, 1.807) is 0 Å². The molecule has 0 saturated carbocycles. The van der Waals surface area contributed by atoms with Crippen LogP contribution < -0.4 is 0 Å². The predicted molar refractivity (Wildman–Crippen MR) is 73.9 cm³/mol. The Bertz CT molecular complexity index is 97.8. The zero-order valence-corrected chi connectivity index (χ0v) is 12.1. The Kier molecular flexibility index (Phi) is 15.3. The Balaban J connectivity index is 2.81. The number of alkyl halides is 1. The van der Waals surface area contributed by atoms with Gasteiger partial charge in [0.2, 0.25) is 0 Å². The number of hydrogen-bond donors (Lipinski definition) is 0. The summed E-state index contributed by atoms with van der Waals surface area (Å²) in [5.41, 5.74) is 0. The van der Waals surface area contributed by atoms with Gasteiger partial charge in [-0.2, -0.15) is 0 Å². The van der Waals surface area contributed by atoms with Crippen molar-refractivity contribution >= 4 is 22.6 Å². The fourth-order valence-corrected chi connectivity index (χ4v) is 1.76. The molecule has 15 heavy (non-hydrogen) atoms. The summed E-state index contributed by atoms with van der Waals surface area (Å²) >= 11 is 2.43. The molecule has 3 heteroatoms. The maximum absolute atomic E-state index is 5.47. The van der Waals surface area contributed by atoms with Gasteiger partial charge in [-0.05, 0) is 23.7 Å². The summed E-state index contributed by atoms with van der Waals surface area (Å²) in [5, 5.41) is 0. The number of halogens is 1. The lowest BCUT2D eigenvalue weighted by Crippen LogP contribution is -2.06. The van der Waals surface area contributed by atoms with Gasteiger partial charge in [-0.15, -0.1) is 0 Å². The molecule has 0 atom stereocenters. The maximum Gasteiger partial charge on any atom is 0.0700 e. The van der Waals surface area contributed by atoms with Crippen LogP contribution in [0.4, 0.5) is 0 Å². The third-order valence-corrected chi connectivity index (χ3v) is 2.95. The van der Waals surface area contributed by atoms with Crippen molar-refractivity contribution in [3.8, 4) is 0 Å². The van der Waals surface area contributed by atoms with Crippen LogP contribution in [0.3, 0.4) is 0 Å². The summed E-state index contributed by atoms with van der Waals surface area (Å²) in [5.74, 6) is 0. The van der Waals surface area contributed by atoms with Crippen molar-refractivity contribution in [3.63, 3.8) is 0 Å². The lowest BCUT2D eigenvalue weighted by molar-refractivity contribution is 0.0453. The third-order valence-electron chi connectivity index (χ3n) is 2.19. The van der Waals surface area contributed by atoms with Crippen molar-refractivity contribution in [1.82, 2.24) is 0 Å². The minimum Gasteiger partial charge on any atom is -0.379 e. The average Bonchev–Trinajstić information content (AvgIpc) is 2.26. The van der Waals surface area contributed by atoms with Gasteiger partial charge in [-0.25, -0.2) is 0 Å². The molecule has 0 fully saturated rings. The third kappa shape index (κ3) is 14.7. The standard InChI is InChI=1S/C12H25IO2/c1-2-3-9-14-11-12-15-10-7-5-4-6-8-13/h2-12H2,1H3. The van der Waals surface area contributed by atoms with E-state index in [2.05, 4.69) is 29.5 Å². The Hall–Kier alpha value is 0.650. The molecule has 0 radical (unpaired) electrons. The molecule has 92 valence electrons. The van der Waals surface area contributed by atoms with Crippen LogP contribution in [-0.2, 0) is 9.47 Å². The smallest absolute Gasteiger partial charge is 0.0700 e. The van der Waals surface area contributed by atoms with Crippen LogP contribution in [0, 0.1) is 0 Å². The maximum atomic E-state index is 5.47. The quantitative estimate of drug-likeness (QED) is 0.308. The molecule has 2 nitrogen and oxygen atoms in total. The van der Waals surface area contributed by atoms with Crippen molar-refractivity contribution in [1.29, 1.82) is 0 Å². The summed E-state index contributed by atoms with van der Waals surface area (Å²) in [4.78, 5) is 0. The van der Waals surface area contributed by atoms with E-state index >= 15 is 0 Å². The normalized spacial score (nSPS) is 10.8. The SMILES string of the molecule is CCCCOCCOCCCCCCI. The van der Waals surface area contributed by atoms with Crippen LogP contribution >= 0.6 is 22.6 Å². The highest BCUT2D eigenvalue weighted by atomic mass is 127. The molecule has 0 aromatic carbocycles. The van der Waals surface area contributed by atoms with Crippen LogP contribution in [0.5, 0.6) is 0 Å². The first-order valence-corrected chi connectivity index (χ1v) is 7.65. The summed E-state index contributed by atoms with van der Waals surface area (Å²) < 4.78 is 12.1. The van der Waals surface area contributed by atoms with Gasteiger partial charge in [0.25, 0.3) is 0 Å². The van der Waals surface area contributed by atoms with Crippen molar-refractivity contribution in [2.45, 2.75) is 45.4 Å². The van der Waals surface area contributed by atoms with E-state index < -0.39 is 0 Å². The molecule has 0 aromatic heterocycles. The fraction of sp³-hybridized carbons (Fsp3) is 1.00. The van der Waals surface area contributed by atoms with Crippen molar-refractivity contribution in [2.24, 2.45) is 0 Å². The topological polar surface area (TPSA) is 18.5 Å². The predicted octanol–water partition coefficient (Wildman–Crippen LogP) is 3.82. The largest absolute Gasteiger partial charge is 0.379 e. The molecule has 0 N–H and O–H groups in total. The van der Waals surface area contributed by atoms with E-state index in [-0.39, 0.29) is 0 Å². The van der Waals surface area contributed by atoms with Crippen molar-refractivity contribution in [3.05, 3.63) is 0 Å². The molecule has 0 aliphatic heterocycles. The van der Waals surface area contributed by atoms with Gasteiger partial charge in [-0.1, -0.05) is 48.8 Å². The van der Waals surface area contributed by atoms with Crippen LogP contribution in [-0.4, -0.2) is 30.9 Å². The molecule has 0 heterocycles. The van der Waals surface area contributed by atoms with Crippen molar-refractivity contribution in [2.75, 3.05) is 30.9 Å². The van der Waals surface area contributed by atoms with Gasteiger partial charge in [-0.3, -0.25) is 0 Å². The van der Waals surface area contributed by atoms with E-state index in [0.29, 0.717) is 0 Å². The van der Waals surface area contributed by atoms with Crippen LogP contribution in [0.15, 0.2) is 0 Å². The van der Waals surface area contributed by atoms with E-state index in [4.69, 9.17) is 9.47 Å². The Morgan fingerprint density at radius 1 is 0.733 bits per heavy atom. The molecule has 0 amide bonds. The summed E-state index contributed by atoms with van der Waals surface area (Å²) in [6, 6.07) is 0. The molecule has 0 unspecified atom stereocenters. The first kappa shape index (κ1) is 15.7. The van der Waals surface area contributed by atoms with Crippen molar-refractivity contribution < 1.29 is 9.47 Å². The number of rotatable bonds is 12. The molecule has 0 bridgehead atoms. The molecule has 0 spiro atoms. The van der Waals surface area contributed by atoms with Gasteiger partial charge in [0, 0.05) is 13.2 Å². The first-order chi connectivity index (χ1) is 7.41. The number of unbranched alkanes of at least 4 members (excludes halogenated alkanes) is 4. The molecule has 0 aliphatic rings. The minimum absolute atomic E-state index is 0.758. The lowest BCUT2D eigenvalue weighted by Gasteiger charge is -2.05. The van der Waals surface area contributed by atoms with Gasteiger partial charge < -0.3 is 9.47 Å². The van der Waals surface area contributed by atoms with Gasteiger partial charge >= 0.3 is 0 Å². The second-order valence-electron chi connectivity index (χ2n) is 3.68. The monoisotopic (exact) mass is 328 g/mol.